The summed E-state index contributed by atoms with van der Waals surface area (Å²) in [7, 11) is 0. The van der Waals surface area contributed by atoms with Crippen LogP contribution in [0.1, 0.15) is 61.1 Å². The first kappa shape index (κ1) is 26.1. The molecule has 6 rings (SSSR count). The Morgan fingerprint density at radius 3 is 2.46 bits per heavy atom. The number of hydrogen-bond donors (Lipinski definition) is 1. The highest BCUT2D eigenvalue weighted by Crippen LogP contribution is 2.37. The van der Waals surface area contributed by atoms with E-state index in [4.69, 9.17) is 13.9 Å². The summed E-state index contributed by atoms with van der Waals surface area (Å²) in [4.78, 5) is 18.3. The number of carbonyl (C=O) groups excluding carboxylic acids is 1. The van der Waals surface area contributed by atoms with Crippen molar-refractivity contribution in [2.45, 2.75) is 70.0 Å². The summed E-state index contributed by atoms with van der Waals surface area (Å²) in [6, 6.07) is 16.3. The number of likely N-dealkylation sites (tertiary alicyclic amines) is 2. The Morgan fingerprint density at radius 2 is 1.69 bits per heavy atom. The average Bonchev–Trinajstić information content (AvgIpc) is 3.45. The second kappa shape index (κ2) is 11.9. The number of para-hydroxylation sites is 1. The van der Waals surface area contributed by atoms with Crippen LogP contribution in [0.5, 0.6) is 0 Å². The van der Waals surface area contributed by atoms with Crippen LogP contribution in [0.2, 0.25) is 0 Å². The molecule has 0 saturated carbocycles. The highest BCUT2D eigenvalue weighted by molar-refractivity contribution is 5.92. The van der Waals surface area contributed by atoms with Crippen molar-refractivity contribution in [3.8, 4) is 0 Å². The van der Waals surface area contributed by atoms with Crippen LogP contribution in [0.25, 0.3) is 11.0 Å². The van der Waals surface area contributed by atoms with Gasteiger partial charge in [-0.1, -0.05) is 48.9 Å². The first-order chi connectivity index (χ1) is 19.2. The number of ether oxygens (including phenoxy) is 2. The molecule has 1 amide bonds. The van der Waals surface area contributed by atoms with Gasteiger partial charge in [-0.05, 0) is 62.0 Å². The monoisotopic (exact) mass is 530 g/mol. The molecule has 3 aromatic rings. The Balaban J connectivity index is 1.18. The van der Waals surface area contributed by atoms with Crippen LogP contribution in [-0.2, 0) is 27.5 Å². The van der Waals surface area contributed by atoms with Gasteiger partial charge in [-0.25, -0.2) is 0 Å². The molecule has 2 atom stereocenters. The molecule has 0 bridgehead atoms. The highest BCUT2D eigenvalue weighted by Gasteiger charge is 2.34. The topological polar surface area (TPSA) is 75.4 Å². The summed E-state index contributed by atoms with van der Waals surface area (Å²) >= 11 is 0. The van der Waals surface area contributed by atoms with Crippen LogP contribution in [0.3, 0.4) is 0 Å². The maximum Gasteiger partial charge on any atom is 0.288 e. The summed E-state index contributed by atoms with van der Waals surface area (Å²) in [5.74, 6) is 0.257. The average molecular weight is 531 g/mol. The number of piperidine rings is 2. The summed E-state index contributed by atoms with van der Waals surface area (Å²) in [5, 5.41) is 10.4. The van der Waals surface area contributed by atoms with E-state index >= 15 is 0 Å². The van der Waals surface area contributed by atoms with Crippen molar-refractivity contribution in [1.29, 1.82) is 0 Å². The van der Waals surface area contributed by atoms with Crippen molar-refractivity contribution in [3.05, 3.63) is 83.3 Å². The number of allylic oxidation sites excluding steroid dienone is 1. The SMILES string of the molecule is O=C(C1=CC(c2coc3ccccc23)CC(OCc2ccc(CO)cc2)O1)N1CCC(N2CCCCC2)CC1. The van der Waals surface area contributed by atoms with Gasteiger partial charge in [0.25, 0.3) is 5.91 Å². The van der Waals surface area contributed by atoms with Crippen LogP contribution in [0, 0.1) is 0 Å². The normalized spacial score (nSPS) is 23.0. The van der Waals surface area contributed by atoms with E-state index in [9.17, 15) is 9.90 Å². The number of rotatable bonds is 7. The van der Waals surface area contributed by atoms with E-state index in [1.165, 1.54) is 32.4 Å². The highest BCUT2D eigenvalue weighted by atomic mass is 16.7. The van der Waals surface area contributed by atoms with E-state index < -0.39 is 6.29 Å². The number of nitrogens with zero attached hydrogens (tertiary/aromatic N) is 2. The lowest BCUT2D eigenvalue weighted by atomic mass is 9.92. The molecule has 4 heterocycles. The standard InChI is InChI=1S/C32H38N2O5/c35-20-23-8-10-24(11-9-23)21-38-31-19-25(28-22-37-29-7-3-2-6-27(28)29)18-30(39-31)32(36)34-16-12-26(13-17-34)33-14-4-1-5-15-33/h2-3,6-11,18,22,25-26,31,35H,1,4-5,12-17,19-21H2. The third-order valence-corrected chi connectivity index (χ3v) is 8.48. The van der Waals surface area contributed by atoms with Crippen molar-refractivity contribution in [3.63, 3.8) is 0 Å². The maximum atomic E-state index is 13.7. The Kier molecular flexibility index (Phi) is 8.00. The van der Waals surface area contributed by atoms with Gasteiger partial charge in [0.2, 0.25) is 6.29 Å². The zero-order chi connectivity index (χ0) is 26.6. The first-order valence-corrected chi connectivity index (χ1v) is 14.4. The van der Waals surface area contributed by atoms with Gasteiger partial charge < -0.3 is 28.8 Å². The van der Waals surface area contributed by atoms with Gasteiger partial charge in [0.1, 0.15) is 5.58 Å². The molecule has 3 aliphatic heterocycles. The maximum absolute atomic E-state index is 13.7. The molecule has 206 valence electrons. The van der Waals surface area contributed by atoms with E-state index in [0.29, 0.717) is 24.8 Å². The lowest BCUT2D eigenvalue weighted by Crippen LogP contribution is -2.49. The quantitative estimate of drug-likeness (QED) is 0.445. The van der Waals surface area contributed by atoms with Crippen LogP contribution in [0.4, 0.5) is 0 Å². The molecule has 1 N–H and O–H groups in total. The minimum Gasteiger partial charge on any atom is -0.464 e. The predicted octanol–water partition coefficient (Wildman–Crippen LogP) is 5.33. The fraction of sp³-hybridized carbons (Fsp3) is 0.469. The minimum atomic E-state index is -0.559. The molecular weight excluding hydrogens is 492 g/mol. The number of amides is 1. The number of aliphatic hydroxyl groups is 1. The van der Waals surface area contributed by atoms with Crippen molar-refractivity contribution < 1.29 is 23.8 Å². The summed E-state index contributed by atoms with van der Waals surface area (Å²) < 4.78 is 18.3. The lowest BCUT2D eigenvalue weighted by molar-refractivity contribution is -0.156. The van der Waals surface area contributed by atoms with E-state index in [0.717, 1.165) is 53.6 Å². The molecule has 2 aromatic carbocycles. The first-order valence-electron chi connectivity index (χ1n) is 14.4. The van der Waals surface area contributed by atoms with Gasteiger partial charge in [-0.2, -0.15) is 0 Å². The number of carbonyl (C=O) groups is 1. The Hall–Kier alpha value is -3.13. The summed E-state index contributed by atoms with van der Waals surface area (Å²) in [6.07, 6.45) is 9.73. The molecule has 2 unspecified atom stereocenters. The van der Waals surface area contributed by atoms with Gasteiger partial charge in [0, 0.05) is 42.4 Å². The number of benzene rings is 2. The summed E-state index contributed by atoms with van der Waals surface area (Å²) in [5.41, 5.74) is 3.73. The molecular formula is C32H38N2O5. The Morgan fingerprint density at radius 1 is 0.949 bits per heavy atom. The van der Waals surface area contributed by atoms with Gasteiger partial charge in [-0.3, -0.25) is 4.79 Å². The van der Waals surface area contributed by atoms with Crippen molar-refractivity contribution in [2.24, 2.45) is 0 Å². The molecule has 1 aromatic heterocycles. The van der Waals surface area contributed by atoms with Gasteiger partial charge in [0.05, 0.1) is 19.5 Å². The van der Waals surface area contributed by atoms with Crippen LogP contribution in [-0.4, -0.2) is 59.3 Å². The van der Waals surface area contributed by atoms with Crippen LogP contribution >= 0.6 is 0 Å². The van der Waals surface area contributed by atoms with Crippen molar-refractivity contribution in [2.75, 3.05) is 26.2 Å². The second-order valence-electron chi connectivity index (χ2n) is 11.0. The lowest BCUT2D eigenvalue weighted by Gasteiger charge is -2.40. The number of aliphatic hydroxyl groups excluding tert-OH is 1. The molecule has 0 radical (unpaired) electrons. The van der Waals surface area contributed by atoms with Gasteiger partial charge in [0.15, 0.2) is 5.76 Å². The number of furan rings is 1. The third kappa shape index (κ3) is 5.91. The fourth-order valence-electron chi connectivity index (χ4n) is 6.22. The molecule has 7 nitrogen and oxygen atoms in total. The summed E-state index contributed by atoms with van der Waals surface area (Å²) in [6.45, 7) is 4.26. The Bertz CT molecular complexity index is 1290. The van der Waals surface area contributed by atoms with Crippen LogP contribution in [0.15, 0.2) is 71.0 Å². The molecule has 0 spiro atoms. The van der Waals surface area contributed by atoms with E-state index in [2.05, 4.69) is 11.0 Å². The molecule has 2 fully saturated rings. The van der Waals surface area contributed by atoms with E-state index in [1.54, 1.807) is 6.26 Å². The zero-order valence-electron chi connectivity index (χ0n) is 22.5. The van der Waals surface area contributed by atoms with Gasteiger partial charge in [-0.15, -0.1) is 0 Å². The molecule has 2 saturated heterocycles. The zero-order valence-corrected chi connectivity index (χ0v) is 22.5. The predicted molar refractivity (Wildman–Crippen MR) is 149 cm³/mol. The number of fused-ring (bicyclic) bond motifs is 1. The number of hydrogen-bond acceptors (Lipinski definition) is 6. The molecule has 3 aliphatic rings. The molecule has 0 aliphatic carbocycles. The Labute approximate surface area is 230 Å². The van der Waals surface area contributed by atoms with Crippen molar-refractivity contribution in [1.82, 2.24) is 9.80 Å². The smallest absolute Gasteiger partial charge is 0.288 e. The largest absolute Gasteiger partial charge is 0.464 e. The van der Waals surface area contributed by atoms with E-state index in [1.807, 2.05) is 53.4 Å². The van der Waals surface area contributed by atoms with E-state index in [-0.39, 0.29) is 18.4 Å². The molecule has 7 heteroatoms. The minimum absolute atomic E-state index is 0.0127. The fourth-order valence-corrected chi connectivity index (χ4v) is 6.22. The van der Waals surface area contributed by atoms with Crippen molar-refractivity contribution >= 4 is 16.9 Å². The van der Waals surface area contributed by atoms with Crippen LogP contribution < -0.4 is 0 Å². The second-order valence-corrected chi connectivity index (χ2v) is 11.0. The van der Waals surface area contributed by atoms with Gasteiger partial charge >= 0.3 is 0 Å². The third-order valence-electron chi connectivity index (χ3n) is 8.48. The molecule has 39 heavy (non-hydrogen) atoms.